The summed E-state index contributed by atoms with van der Waals surface area (Å²) in [5.74, 6) is 1.81. The number of hydrogen-bond donors (Lipinski definition) is 1. The number of allylic oxidation sites excluding steroid dienone is 2. The van der Waals surface area contributed by atoms with Crippen molar-refractivity contribution in [3.63, 3.8) is 0 Å². The Morgan fingerprint density at radius 2 is 1.12 bits per heavy atom. The van der Waals surface area contributed by atoms with Crippen molar-refractivity contribution in [3.05, 3.63) is 251 Å². The van der Waals surface area contributed by atoms with Crippen molar-refractivity contribution in [3.8, 4) is 11.1 Å². The number of fused-ring (bicyclic) bond motifs is 7. The summed E-state index contributed by atoms with van der Waals surface area (Å²) < 4.78 is 0. The van der Waals surface area contributed by atoms with Gasteiger partial charge in [0.25, 0.3) is 0 Å². The van der Waals surface area contributed by atoms with Crippen LogP contribution in [0.2, 0.25) is 0 Å². The zero-order valence-electron chi connectivity index (χ0n) is 30.7. The minimum atomic E-state index is -0.532. The van der Waals surface area contributed by atoms with Crippen molar-refractivity contribution >= 4 is 23.0 Å². The molecule has 56 heavy (non-hydrogen) atoms. The third-order valence-electron chi connectivity index (χ3n) is 11.9. The minimum Gasteiger partial charge on any atom is -0.333 e. The maximum atomic E-state index is 5.25. The summed E-state index contributed by atoms with van der Waals surface area (Å²) >= 11 is 0. The smallest absolute Gasteiger partial charge is 0.169 e. The minimum absolute atomic E-state index is 0.101. The fourth-order valence-electron chi connectivity index (χ4n) is 9.56. The standard InChI is InChI=1S/C52H38N4/c1-5-18-35(19-6-1)49-53-50(36-20-7-2-8-21-36)55-51(54-49)37-22-17-27-40(34-37)56-46-31-16-14-29-42(46)44-33-32-43-41-28-13-15-30-45(41)52(47(43)48(44)56,38-23-9-3-10-24-38)39-25-11-4-12-26-39/h1-34,42,46,49H,(H,53,54,55). The molecule has 11 rings (SSSR count). The van der Waals surface area contributed by atoms with Crippen LogP contribution < -0.4 is 10.2 Å². The Morgan fingerprint density at radius 3 is 1.86 bits per heavy atom. The molecule has 0 fully saturated rings. The van der Waals surface area contributed by atoms with E-state index in [1.165, 1.54) is 44.6 Å². The quantitative estimate of drug-likeness (QED) is 0.186. The number of aliphatic imine (C=N–C) groups is 2. The molecule has 2 heterocycles. The Bertz CT molecular complexity index is 2690. The average Bonchev–Trinajstić information content (AvgIpc) is 3.79. The lowest BCUT2D eigenvalue weighted by Gasteiger charge is -2.37. The number of rotatable bonds is 6. The number of amidine groups is 2. The highest BCUT2D eigenvalue weighted by atomic mass is 15.2. The lowest BCUT2D eigenvalue weighted by atomic mass is 9.67. The highest BCUT2D eigenvalue weighted by Crippen LogP contribution is 2.63. The Morgan fingerprint density at radius 1 is 0.518 bits per heavy atom. The van der Waals surface area contributed by atoms with Gasteiger partial charge in [-0.3, -0.25) is 0 Å². The fraction of sp³-hybridized carbons (Fsp3) is 0.0769. The van der Waals surface area contributed by atoms with Crippen LogP contribution in [-0.4, -0.2) is 17.7 Å². The predicted molar refractivity (Wildman–Crippen MR) is 229 cm³/mol. The first kappa shape index (κ1) is 32.4. The van der Waals surface area contributed by atoms with Crippen molar-refractivity contribution in [2.45, 2.75) is 23.5 Å². The Balaban J connectivity index is 1.13. The number of anilines is 2. The molecule has 3 atom stereocenters. The van der Waals surface area contributed by atoms with Gasteiger partial charge < -0.3 is 10.2 Å². The van der Waals surface area contributed by atoms with Crippen LogP contribution >= 0.6 is 0 Å². The summed E-state index contributed by atoms with van der Waals surface area (Å²) in [5.41, 5.74) is 14.1. The Labute approximate surface area is 327 Å². The summed E-state index contributed by atoms with van der Waals surface area (Å²) in [6, 6.07) is 65.8. The second-order valence-electron chi connectivity index (χ2n) is 14.9. The van der Waals surface area contributed by atoms with Gasteiger partial charge in [-0.2, -0.15) is 0 Å². The number of benzene rings is 7. The second kappa shape index (κ2) is 13.1. The van der Waals surface area contributed by atoms with Crippen molar-refractivity contribution in [1.82, 2.24) is 5.32 Å². The lowest BCUT2D eigenvalue weighted by molar-refractivity contribution is 0.737. The van der Waals surface area contributed by atoms with E-state index in [0.29, 0.717) is 0 Å². The van der Waals surface area contributed by atoms with Crippen LogP contribution in [0.3, 0.4) is 0 Å². The lowest BCUT2D eigenvalue weighted by Crippen LogP contribution is -2.36. The average molecular weight is 719 g/mol. The molecule has 266 valence electrons. The van der Waals surface area contributed by atoms with E-state index in [9.17, 15) is 0 Å². The zero-order chi connectivity index (χ0) is 37.1. The molecule has 3 unspecified atom stereocenters. The van der Waals surface area contributed by atoms with E-state index in [-0.39, 0.29) is 18.1 Å². The van der Waals surface area contributed by atoms with E-state index >= 15 is 0 Å². The SMILES string of the molecule is C1=CC2c3ccc4c(c3N(c3cccc(C5=NC(c6ccccc6)N=C(c6ccccc6)N5)c3)C2C=C1)C(c1ccccc1)(c1ccccc1)c1ccccc1-4. The molecule has 0 amide bonds. The summed E-state index contributed by atoms with van der Waals surface area (Å²) in [6.45, 7) is 0. The fourth-order valence-corrected chi connectivity index (χ4v) is 9.56. The maximum Gasteiger partial charge on any atom is 0.169 e. The Kier molecular flexibility index (Phi) is 7.56. The van der Waals surface area contributed by atoms with Gasteiger partial charge in [-0.1, -0.05) is 194 Å². The van der Waals surface area contributed by atoms with Gasteiger partial charge in [0.15, 0.2) is 6.17 Å². The monoisotopic (exact) mass is 718 g/mol. The first-order valence-corrected chi connectivity index (χ1v) is 19.4. The highest BCUT2D eigenvalue weighted by Gasteiger charge is 2.51. The molecule has 0 radical (unpaired) electrons. The number of nitrogens with one attached hydrogen (secondary N) is 1. The molecule has 7 aromatic carbocycles. The van der Waals surface area contributed by atoms with Gasteiger partial charge in [0.1, 0.15) is 11.7 Å². The molecule has 1 N–H and O–H groups in total. The van der Waals surface area contributed by atoms with Gasteiger partial charge in [-0.05, 0) is 51.1 Å². The molecule has 7 aromatic rings. The van der Waals surface area contributed by atoms with E-state index in [4.69, 9.17) is 9.98 Å². The maximum absolute atomic E-state index is 5.25. The van der Waals surface area contributed by atoms with Crippen molar-refractivity contribution in [2.24, 2.45) is 9.98 Å². The summed E-state index contributed by atoms with van der Waals surface area (Å²) in [6.07, 6.45) is 8.81. The van der Waals surface area contributed by atoms with Crippen LogP contribution in [0.4, 0.5) is 11.4 Å². The molecule has 2 aliphatic heterocycles. The highest BCUT2D eigenvalue weighted by molar-refractivity contribution is 6.16. The summed E-state index contributed by atoms with van der Waals surface area (Å²) in [5, 5.41) is 3.65. The first-order valence-electron chi connectivity index (χ1n) is 19.4. The molecular formula is C52H38N4. The largest absolute Gasteiger partial charge is 0.333 e. The van der Waals surface area contributed by atoms with Gasteiger partial charge in [0.05, 0.1) is 17.1 Å². The number of hydrogen-bond acceptors (Lipinski definition) is 4. The van der Waals surface area contributed by atoms with Crippen LogP contribution in [0, 0.1) is 0 Å². The van der Waals surface area contributed by atoms with Crippen molar-refractivity contribution < 1.29 is 0 Å². The molecule has 2 aliphatic carbocycles. The molecule has 4 nitrogen and oxygen atoms in total. The molecule has 0 aromatic heterocycles. The van der Waals surface area contributed by atoms with Crippen molar-refractivity contribution in [2.75, 3.05) is 4.90 Å². The normalized spacial score (nSPS) is 19.6. The van der Waals surface area contributed by atoms with E-state index in [0.717, 1.165) is 34.0 Å². The van der Waals surface area contributed by atoms with Gasteiger partial charge in [-0.15, -0.1) is 0 Å². The molecule has 4 aliphatic rings. The summed E-state index contributed by atoms with van der Waals surface area (Å²) in [4.78, 5) is 13.0. The molecule has 4 heteroatoms. The van der Waals surface area contributed by atoms with E-state index < -0.39 is 5.41 Å². The van der Waals surface area contributed by atoms with Gasteiger partial charge >= 0.3 is 0 Å². The molecule has 0 saturated carbocycles. The van der Waals surface area contributed by atoms with Crippen LogP contribution in [0.25, 0.3) is 11.1 Å². The van der Waals surface area contributed by atoms with Crippen LogP contribution in [-0.2, 0) is 5.41 Å². The zero-order valence-corrected chi connectivity index (χ0v) is 30.7. The molecule has 0 saturated heterocycles. The third-order valence-corrected chi connectivity index (χ3v) is 11.9. The molecule has 0 spiro atoms. The third kappa shape index (κ3) is 4.92. The topological polar surface area (TPSA) is 40.0 Å². The number of nitrogens with zero attached hydrogens (tertiary/aromatic N) is 3. The van der Waals surface area contributed by atoms with Gasteiger partial charge in [0, 0.05) is 28.3 Å². The van der Waals surface area contributed by atoms with E-state index in [1.807, 2.05) is 12.1 Å². The van der Waals surface area contributed by atoms with Crippen molar-refractivity contribution in [1.29, 1.82) is 0 Å². The van der Waals surface area contributed by atoms with E-state index in [1.54, 1.807) is 0 Å². The second-order valence-corrected chi connectivity index (χ2v) is 14.9. The van der Waals surface area contributed by atoms with Crippen LogP contribution in [0.5, 0.6) is 0 Å². The van der Waals surface area contributed by atoms with Gasteiger partial charge in [0.2, 0.25) is 0 Å². The summed E-state index contributed by atoms with van der Waals surface area (Å²) in [7, 11) is 0. The van der Waals surface area contributed by atoms with E-state index in [2.05, 4.69) is 204 Å². The van der Waals surface area contributed by atoms with Gasteiger partial charge in [-0.25, -0.2) is 9.98 Å². The van der Waals surface area contributed by atoms with Crippen LogP contribution in [0.1, 0.15) is 56.6 Å². The molecular weight excluding hydrogens is 681 g/mol. The predicted octanol–water partition coefficient (Wildman–Crippen LogP) is 11.3. The molecule has 0 bridgehead atoms. The van der Waals surface area contributed by atoms with Crippen LogP contribution in [0.15, 0.2) is 216 Å². The Hall–Kier alpha value is -7.04. The first-order chi connectivity index (χ1) is 27.8.